The van der Waals surface area contributed by atoms with Crippen molar-refractivity contribution in [2.24, 2.45) is 11.8 Å². The molecule has 2 heterocycles. The first-order valence-electron chi connectivity index (χ1n) is 7.76. The number of aliphatic hydroxyl groups excluding tert-OH is 1. The Morgan fingerprint density at radius 1 is 1.59 bits per heavy atom. The molecule has 3 atom stereocenters. The second-order valence-electron chi connectivity index (χ2n) is 5.94. The molecule has 1 aromatic heterocycles. The van der Waals surface area contributed by atoms with Gasteiger partial charge in [0.1, 0.15) is 5.76 Å². The van der Waals surface area contributed by atoms with Crippen LogP contribution in [0.25, 0.3) is 0 Å². The lowest BCUT2D eigenvalue weighted by molar-refractivity contribution is -0.129. The standard InChI is InChI=1S/C16H24N2O4/c1-3-11(2)14(10-19)17-16(21)12-7-15(20)18(8-12)9-13-5-4-6-22-13/h4-6,11-12,14,19H,3,7-10H2,1-2H3,(H,17,21)/t11-,12+,14+/m0/s1. The number of hydrogen-bond acceptors (Lipinski definition) is 4. The van der Waals surface area contributed by atoms with Gasteiger partial charge in [0, 0.05) is 13.0 Å². The molecule has 0 bridgehead atoms. The number of carbonyl (C=O) groups is 2. The highest BCUT2D eigenvalue weighted by Crippen LogP contribution is 2.21. The van der Waals surface area contributed by atoms with Gasteiger partial charge in [-0.3, -0.25) is 9.59 Å². The van der Waals surface area contributed by atoms with Crippen molar-refractivity contribution in [3.8, 4) is 0 Å². The summed E-state index contributed by atoms with van der Waals surface area (Å²) in [6.45, 7) is 4.71. The van der Waals surface area contributed by atoms with Gasteiger partial charge in [-0.15, -0.1) is 0 Å². The smallest absolute Gasteiger partial charge is 0.225 e. The largest absolute Gasteiger partial charge is 0.467 e. The van der Waals surface area contributed by atoms with E-state index in [1.807, 2.05) is 19.9 Å². The quantitative estimate of drug-likeness (QED) is 0.791. The van der Waals surface area contributed by atoms with Gasteiger partial charge in [-0.25, -0.2) is 0 Å². The molecule has 2 rings (SSSR count). The van der Waals surface area contributed by atoms with E-state index in [0.717, 1.165) is 6.42 Å². The molecule has 0 spiro atoms. The number of hydrogen-bond donors (Lipinski definition) is 2. The molecule has 122 valence electrons. The highest BCUT2D eigenvalue weighted by atomic mass is 16.3. The molecule has 1 saturated heterocycles. The summed E-state index contributed by atoms with van der Waals surface area (Å²) in [5.74, 6) is 0.350. The zero-order valence-corrected chi connectivity index (χ0v) is 13.1. The molecular weight excluding hydrogens is 284 g/mol. The lowest BCUT2D eigenvalue weighted by atomic mass is 9.98. The Morgan fingerprint density at radius 3 is 2.95 bits per heavy atom. The maximum Gasteiger partial charge on any atom is 0.225 e. The van der Waals surface area contributed by atoms with E-state index >= 15 is 0 Å². The third-order valence-corrected chi connectivity index (χ3v) is 4.37. The Morgan fingerprint density at radius 2 is 2.36 bits per heavy atom. The zero-order chi connectivity index (χ0) is 16.1. The molecular formula is C16H24N2O4. The number of likely N-dealkylation sites (tertiary alicyclic amines) is 1. The van der Waals surface area contributed by atoms with Crippen LogP contribution in [-0.2, 0) is 16.1 Å². The summed E-state index contributed by atoms with van der Waals surface area (Å²) in [5.41, 5.74) is 0. The Balaban J connectivity index is 1.90. The summed E-state index contributed by atoms with van der Waals surface area (Å²) in [6.07, 6.45) is 2.66. The van der Waals surface area contributed by atoms with Crippen LogP contribution in [0.15, 0.2) is 22.8 Å². The van der Waals surface area contributed by atoms with Gasteiger partial charge >= 0.3 is 0 Å². The first-order valence-corrected chi connectivity index (χ1v) is 7.76. The summed E-state index contributed by atoms with van der Waals surface area (Å²) < 4.78 is 5.24. The normalized spacial score (nSPS) is 21.0. The number of aliphatic hydroxyl groups is 1. The minimum atomic E-state index is -0.361. The topological polar surface area (TPSA) is 82.8 Å². The Labute approximate surface area is 130 Å². The van der Waals surface area contributed by atoms with Crippen molar-refractivity contribution in [3.63, 3.8) is 0 Å². The number of nitrogens with one attached hydrogen (secondary N) is 1. The fourth-order valence-corrected chi connectivity index (χ4v) is 2.64. The summed E-state index contributed by atoms with van der Waals surface area (Å²) in [4.78, 5) is 26.0. The minimum Gasteiger partial charge on any atom is -0.467 e. The van der Waals surface area contributed by atoms with Crippen molar-refractivity contribution >= 4 is 11.8 Å². The van der Waals surface area contributed by atoms with E-state index in [9.17, 15) is 14.7 Å². The van der Waals surface area contributed by atoms with Gasteiger partial charge in [0.25, 0.3) is 0 Å². The lowest BCUT2D eigenvalue weighted by Gasteiger charge is -2.23. The van der Waals surface area contributed by atoms with Crippen LogP contribution >= 0.6 is 0 Å². The highest BCUT2D eigenvalue weighted by Gasteiger charge is 2.35. The van der Waals surface area contributed by atoms with Crippen LogP contribution in [0.2, 0.25) is 0 Å². The summed E-state index contributed by atoms with van der Waals surface area (Å²) >= 11 is 0. The number of furan rings is 1. The van der Waals surface area contributed by atoms with Crippen LogP contribution in [0, 0.1) is 11.8 Å². The SMILES string of the molecule is CC[C@H](C)[C@@H](CO)NC(=O)[C@@H]1CC(=O)N(Cc2ccco2)C1. The average Bonchev–Trinajstić information content (AvgIpc) is 3.14. The highest BCUT2D eigenvalue weighted by molar-refractivity contribution is 5.89. The van der Waals surface area contributed by atoms with E-state index in [-0.39, 0.29) is 42.7 Å². The van der Waals surface area contributed by atoms with Crippen LogP contribution in [0.4, 0.5) is 0 Å². The molecule has 0 saturated carbocycles. The van der Waals surface area contributed by atoms with Gasteiger partial charge in [0.05, 0.1) is 31.4 Å². The molecule has 1 aliphatic rings. The van der Waals surface area contributed by atoms with Crippen LogP contribution in [0.5, 0.6) is 0 Å². The Kier molecular flexibility index (Phi) is 5.60. The number of carbonyl (C=O) groups excluding carboxylic acids is 2. The second-order valence-corrected chi connectivity index (χ2v) is 5.94. The van der Waals surface area contributed by atoms with E-state index in [1.165, 1.54) is 0 Å². The number of rotatable bonds is 7. The van der Waals surface area contributed by atoms with Gasteiger partial charge in [-0.2, -0.15) is 0 Å². The van der Waals surface area contributed by atoms with Crippen LogP contribution in [-0.4, -0.2) is 41.0 Å². The molecule has 2 amide bonds. The number of nitrogens with zero attached hydrogens (tertiary/aromatic N) is 1. The molecule has 0 aromatic carbocycles. The van der Waals surface area contributed by atoms with Gasteiger partial charge in [0.15, 0.2) is 0 Å². The molecule has 6 nitrogen and oxygen atoms in total. The van der Waals surface area contributed by atoms with E-state index in [0.29, 0.717) is 18.8 Å². The predicted molar refractivity (Wildman–Crippen MR) is 80.7 cm³/mol. The molecule has 1 fully saturated rings. The molecule has 22 heavy (non-hydrogen) atoms. The average molecular weight is 308 g/mol. The summed E-state index contributed by atoms with van der Waals surface area (Å²) in [7, 11) is 0. The van der Waals surface area contributed by atoms with Crippen molar-refractivity contribution in [2.75, 3.05) is 13.2 Å². The van der Waals surface area contributed by atoms with Crippen LogP contribution < -0.4 is 5.32 Å². The van der Waals surface area contributed by atoms with E-state index in [2.05, 4.69) is 5.32 Å². The first-order chi connectivity index (χ1) is 10.5. The maximum atomic E-state index is 12.3. The predicted octanol–water partition coefficient (Wildman–Crippen LogP) is 1.15. The van der Waals surface area contributed by atoms with Crippen molar-refractivity contribution in [3.05, 3.63) is 24.2 Å². The first kappa shape index (κ1) is 16.5. The van der Waals surface area contributed by atoms with Crippen molar-refractivity contribution in [1.29, 1.82) is 0 Å². The zero-order valence-electron chi connectivity index (χ0n) is 13.1. The van der Waals surface area contributed by atoms with Gasteiger partial charge < -0.3 is 19.7 Å². The minimum absolute atomic E-state index is 0.0411. The van der Waals surface area contributed by atoms with Crippen LogP contribution in [0.1, 0.15) is 32.4 Å². The Hall–Kier alpha value is -1.82. The molecule has 2 N–H and O–H groups in total. The molecule has 1 aromatic rings. The third kappa shape index (κ3) is 3.88. The van der Waals surface area contributed by atoms with Crippen molar-refractivity contribution in [2.45, 2.75) is 39.3 Å². The van der Waals surface area contributed by atoms with Gasteiger partial charge in [0.2, 0.25) is 11.8 Å². The molecule has 0 unspecified atom stereocenters. The summed E-state index contributed by atoms with van der Waals surface area (Å²) in [6, 6.07) is 3.33. The Bertz CT molecular complexity index is 500. The van der Waals surface area contributed by atoms with E-state index < -0.39 is 0 Å². The fraction of sp³-hybridized carbons (Fsp3) is 0.625. The van der Waals surface area contributed by atoms with Gasteiger partial charge in [-0.1, -0.05) is 20.3 Å². The van der Waals surface area contributed by atoms with E-state index in [1.54, 1.807) is 17.2 Å². The van der Waals surface area contributed by atoms with Crippen LogP contribution in [0.3, 0.4) is 0 Å². The molecule has 0 radical (unpaired) electrons. The maximum absolute atomic E-state index is 12.3. The number of amides is 2. The van der Waals surface area contributed by atoms with Crippen molar-refractivity contribution in [1.82, 2.24) is 10.2 Å². The van der Waals surface area contributed by atoms with Crippen molar-refractivity contribution < 1.29 is 19.1 Å². The molecule has 1 aliphatic heterocycles. The third-order valence-electron chi connectivity index (χ3n) is 4.37. The lowest BCUT2D eigenvalue weighted by Crippen LogP contribution is -2.45. The molecule has 6 heteroatoms. The molecule has 0 aliphatic carbocycles. The van der Waals surface area contributed by atoms with E-state index in [4.69, 9.17) is 4.42 Å². The summed E-state index contributed by atoms with van der Waals surface area (Å²) in [5, 5.41) is 12.3. The second kappa shape index (κ2) is 7.45. The fourth-order valence-electron chi connectivity index (χ4n) is 2.64. The van der Waals surface area contributed by atoms with Gasteiger partial charge in [-0.05, 0) is 18.1 Å². The monoisotopic (exact) mass is 308 g/mol.